The molecule has 0 radical (unpaired) electrons. The molecular formula is C23H26N2O3S. The first-order valence-electron chi connectivity index (χ1n) is 9.60. The maximum Gasteiger partial charge on any atom is 0.255 e. The average Bonchev–Trinajstić information content (AvgIpc) is 3.26. The number of aliphatic hydroxyl groups excluding tert-OH is 1. The van der Waals surface area contributed by atoms with E-state index in [1.165, 1.54) is 0 Å². The van der Waals surface area contributed by atoms with E-state index < -0.39 is 6.10 Å². The van der Waals surface area contributed by atoms with Gasteiger partial charge in [-0.05, 0) is 48.2 Å². The van der Waals surface area contributed by atoms with Gasteiger partial charge in [-0.2, -0.15) is 0 Å². The Labute approximate surface area is 175 Å². The Kier molecular flexibility index (Phi) is 7.95. The number of benzene rings is 2. The lowest BCUT2D eigenvalue weighted by atomic mass is 10.1. The molecule has 2 unspecified atom stereocenters. The first-order chi connectivity index (χ1) is 14.1. The molecule has 1 aromatic heterocycles. The van der Waals surface area contributed by atoms with Gasteiger partial charge in [-0.25, -0.2) is 0 Å². The highest BCUT2D eigenvalue weighted by atomic mass is 32.1. The molecule has 0 saturated heterocycles. The van der Waals surface area contributed by atoms with Crippen molar-refractivity contribution in [1.82, 2.24) is 5.32 Å². The van der Waals surface area contributed by atoms with E-state index in [4.69, 9.17) is 4.74 Å². The van der Waals surface area contributed by atoms with Crippen LogP contribution < -0.4 is 10.6 Å². The van der Waals surface area contributed by atoms with Crippen molar-refractivity contribution in [2.75, 3.05) is 18.5 Å². The Morgan fingerprint density at radius 3 is 2.69 bits per heavy atom. The van der Waals surface area contributed by atoms with Crippen LogP contribution in [0.25, 0.3) is 0 Å². The molecule has 0 aliphatic rings. The number of anilines is 1. The fourth-order valence-corrected chi connectivity index (χ4v) is 3.50. The minimum absolute atomic E-state index is 0.0236. The van der Waals surface area contributed by atoms with Crippen LogP contribution in [0.15, 0.2) is 72.1 Å². The van der Waals surface area contributed by atoms with Crippen molar-refractivity contribution in [3.63, 3.8) is 0 Å². The van der Waals surface area contributed by atoms with Crippen molar-refractivity contribution in [2.45, 2.75) is 25.7 Å². The number of carbonyl (C=O) groups is 1. The lowest BCUT2D eigenvalue weighted by Gasteiger charge is -2.18. The predicted octanol–water partition coefficient (Wildman–Crippen LogP) is 4.23. The Morgan fingerprint density at radius 1 is 1.10 bits per heavy atom. The Morgan fingerprint density at radius 2 is 1.93 bits per heavy atom. The maximum absolute atomic E-state index is 12.3. The van der Waals surface area contributed by atoms with Gasteiger partial charge in [0.2, 0.25) is 0 Å². The zero-order valence-corrected chi connectivity index (χ0v) is 17.2. The van der Waals surface area contributed by atoms with Crippen LogP contribution >= 0.6 is 11.3 Å². The van der Waals surface area contributed by atoms with Gasteiger partial charge in [-0.3, -0.25) is 4.79 Å². The van der Waals surface area contributed by atoms with E-state index in [2.05, 4.69) is 10.6 Å². The lowest BCUT2D eigenvalue weighted by Crippen LogP contribution is -2.32. The molecule has 5 nitrogen and oxygen atoms in total. The SMILES string of the molecule is CC(NCC(O)COCc1cccs1)c1cccc(NC(=O)c2ccccc2)c1. The number of carbonyl (C=O) groups excluding carboxylic acids is 1. The average molecular weight is 411 g/mol. The second kappa shape index (κ2) is 10.9. The van der Waals surface area contributed by atoms with Crippen LogP contribution in [0.1, 0.15) is 33.8 Å². The number of rotatable bonds is 10. The quantitative estimate of drug-likeness (QED) is 0.468. The summed E-state index contributed by atoms with van der Waals surface area (Å²) in [7, 11) is 0. The summed E-state index contributed by atoms with van der Waals surface area (Å²) in [6.45, 7) is 3.25. The molecule has 3 aromatic rings. The number of hydrogen-bond donors (Lipinski definition) is 3. The summed E-state index contributed by atoms with van der Waals surface area (Å²) in [6.07, 6.45) is -0.585. The number of ether oxygens (including phenoxy) is 1. The first-order valence-corrected chi connectivity index (χ1v) is 10.5. The highest BCUT2D eigenvalue weighted by Crippen LogP contribution is 2.18. The van der Waals surface area contributed by atoms with Crippen LogP contribution in [0.5, 0.6) is 0 Å². The Balaban J connectivity index is 1.46. The highest BCUT2D eigenvalue weighted by molar-refractivity contribution is 7.09. The van der Waals surface area contributed by atoms with Crippen molar-refractivity contribution in [3.8, 4) is 0 Å². The first kappa shape index (κ1) is 21.2. The zero-order chi connectivity index (χ0) is 20.5. The van der Waals surface area contributed by atoms with Gasteiger partial charge in [-0.15, -0.1) is 11.3 Å². The fraction of sp³-hybridized carbons (Fsp3) is 0.261. The molecule has 1 heterocycles. The number of nitrogens with one attached hydrogen (secondary N) is 2. The Hall–Kier alpha value is -2.51. The molecule has 0 aliphatic carbocycles. The summed E-state index contributed by atoms with van der Waals surface area (Å²) in [6, 6.07) is 20.9. The van der Waals surface area contributed by atoms with Gasteiger partial charge < -0.3 is 20.5 Å². The van der Waals surface area contributed by atoms with Crippen LogP contribution in [0.3, 0.4) is 0 Å². The number of hydrogen-bond acceptors (Lipinski definition) is 5. The van der Waals surface area contributed by atoms with Crippen molar-refractivity contribution in [3.05, 3.63) is 88.1 Å². The fourth-order valence-electron chi connectivity index (χ4n) is 2.86. The zero-order valence-electron chi connectivity index (χ0n) is 16.4. The minimum atomic E-state index is -0.585. The van der Waals surface area contributed by atoms with E-state index in [0.717, 1.165) is 16.1 Å². The van der Waals surface area contributed by atoms with Gasteiger partial charge in [0.25, 0.3) is 5.91 Å². The molecule has 0 fully saturated rings. The van der Waals surface area contributed by atoms with Gasteiger partial charge in [0.1, 0.15) is 0 Å². The standard InChI is InChI=1S/C23H26N2O3S/c1-17(24-14-21(26)15-28-16-22-11-6-12-29-22)19-9-5-10-20(13-19)25-23(27)18-7-3-2-4-8-18/h2-13,17,21,24,26H,14-16H2,1H3,(H,25,27). The molecule has 0 saturated carbocycles. The van der Waals surface area contributed by atoms with Crippen LogP contribution in [-0.2, 0) is 11.3 Å². The van der Waals surface area contributed by atoms with Crippen LogP contribution in [-0.4, -0.2) is 30.3 Å². The molecule has 3 N–H and O–H groups in total. The smallest absolute Gasteiger partial charge is 0.255 e. The molecule has 1 amide bonds. The molecule has 0 aliphatic heterocycles. The van der Waals surface area contributed by atoms with E-state index in [9.17, 15) is 9.90 Å². The van der Waals surface area contributed by atoms with Crippen LogP contribution in [0.2, 0.25) is 0 Å². The van der Waals surface area contributed by atoms with Crippen molar-refractivity contribution in [2.24, 2.45) is 0 Å². The van der Waals surface area contributed by atoms with Crippen molar-refractivity contribution < 1.29 is 14.6 Å². The number of aliphatic hydroxyl groups is 1. The van der Waals surface area contributed by atoms with E-state index >= 15 is 0 Å². The summed E-state index contributed by atoms with van der Waals surface area (Å²) in [5.74, 6) is -0.137. The summed E-state index contributed by atoms with van der Waals surface area (Å²) in [5, 5.41) is 18.4. The summed E-state index contributed by atoms with van der Waals surface area (Å²) in [4.78, 5) is 13.5. The molecule has 2 atom stereocenters. The summed E-state index contributed by atoms with van der Waals surface area (Å²) < 4.78 is 5.56. The van der Waals surface area contributed by atoms with Gasteiger partial charge >= 0.3 is 0 Å². The molecule has 3 rings (SSSR count). The minimum Gasteiger partial charge on any atom is -0.389 e. The van der Waals surface area contributed by atoms with Gasteiger partial charge in [0.15, 0.2) is 0 Å². The molecule has 6 heteroatoms. The van der Waals surface area contributed by atoms with Crippen molar-refractivity contribution >= 4 is 22.9 Å². The van der Waals surface area contributed by atoms with E-state index in [1.54, 1.807) is 23.5 Å². The lowest BCUT2D eigenvalue weighted by molar-refractivity contribution is 0.0288. The third kappa shape index (κ3) is 6.80. The second-order valence-electron chi connectivity index (χ2n) is 6.82. The van der Waals surface area contributed by atoms with Crippen LogP contribution in [0, 0.1) is 0 Å². The van der Waals surface area contributed by atoms with Gasteiger partial charge in [0, 0.05) is 28.7 Å². The maximum atomic E-state index is 12.3. The summed E-state index contributed by atoms with van der Waals surface area (Å²) in [5.41, 5.74) is 2.39. The molecule has 29 heavy (non-hydrogen) atoms. The van der Waals surface area contributed by atoms with E-state index in [0.29, 0.717) is 18.7 Å². The molecular weight excluding hydrogens is 384 g/mol. The largest absolute Gasteiger partial charge is 0.389 e. The van der Waals surface area contributed by atoms with E-state index in [-0.39, 0.29) is 18.6 Å². The molecule has 0 spiro atoms. The van der Waals surface area contributed by atoms with Gasteiger partial charge in [0.05, 0.1) is 19.3 Å². The van der Waals surface area contributed by atoms with E-state index in [1.807, 2.05) is 66.9 Å². The van der Waals surface area contributed by atoms with Crippen LogP contribution in [0.4, 0.5) is 5.69 Å². The highest BCUT2D eigenvalue weighted by Gasteiger charge is 2.11. The Bertz CT molecular complexity index is 884. The number of amides is 1. The second-order valence-corrected chi connectivity index (χ2v) is 7.86. The number of thiophene rings is 1. The monoisotopic (exact) mass is 410 g/mol. The topological polar surface area (TPSA) is 70.6 Å². The molecule has 0 bridgehead atoms. The van der Waals surface area contributed by atoms with Gasteiger partial charge in [-0.1, -0.05) is 36.4 Å². The normalized spacial score (nSPS) is 13.0. The predicted molar refractivity (Wildman–Crippen MR) is 117 cm³/mol. The molecule has 152 valence electrons. The van der Waals surface area contributed by atoms with Crippen molar-refractivity contribution in [1.29, 1.82) is 0 Å². The molecule has 2 aromatic carbocycles. The third-order valence-corrected chi connectivity index (χ3v) is 5.32. The third-order valence-electron chi connectivity index (χ3n) is 4.47. The summed E-state index contributed by atoms with van der Waals surface area (Å²) >= 11 is 1.64.